The molecule has 0 saturated heterocycles. The maximum Gasteiger partial charge on any atom is 0.127 e. The highest BCUT2D eigenvalue weighted by molar-refractivity contribution is 5.38. The third-order valence-corrected chi connectivity index (χ3v) is 3.20. The first-order valence-corrected chi connectivity index (χ1v) is 5.82. The number of nitrogens with two attached hydrogens (primary N) is 1. The van der Waals surface area contributed by atoms with Gasteiger partial charge in [0, 0.05) is 37.1 Å². The van der Waals surface area contributed by atoms with Crippen molar-refractivity contribution >= 4 is 0 Å². The van der Waals surface area contributed by atoms with Crippen LogP contribution in [0.15, 0.2) is 18.2 Å². The molecule has 4 heteroatoms. The summed E-state index contributed by atoms with van der Waals surface area (Å²) in [5.74, 6) is 0.509. The van der Waals surface area contributed by atoms with Crippen LogP contribution in [0, 0.1) is 11.7 Å². The molecule has 0 amide bonds. The van der Waals surface area contributed by atoms with Gasteiger partial charge in [0.05, 0.1) is 6.61 Å². The van der Waals surface area contributed by atoms with E-state index in [4.69, 9.17) is 15.2 Å². The lowest BCUT2D eigenvalue weighted by molar-refractivity contribution is 0.0536. The van der Waals surface area contributed by atoms with Crippen LogP contribution < -0.4 is 10.5 Å². The van der Waals surface area contributed by atoms with Crippen molar-refractivity contribution in [3.63, 3.8) is 0 Å². The molecule has 0 fully saturated rings. The van der Waals surface area contributed by atoms with E-state index in [0.717, 1.165) is 12.0 Å². The number of hydrogen-bond acceptors (Lipinski definition) is 3. The van der Waals surface area contributed by atoms with Gasteiger partial charge in [0.2, 0.25) is 0 Å². The van der Waals surface area contributed by atoms with Crippen molar-refractivity contribution in [1.29, 1.82) is 0 Å². The fraction of sp³-hybridized carbons (Fsp3) is 0.538. The molecule has 0 aliphatic carbocycles. The van der Waals surface area contributed by atoms with Crippen molar-refractivity contribution in [3.8, 4) is 5.75 Å². The Bertz CT molecular complexity index is 397. The van der Waals surface area contributed by atoms with E-state index in [1.807, 2.05) is 6.92 Å². The lowest BCUT2D eigenvalue weighted by Crippen LogP contribution is -2.36. The number of fused-ring (bicyclic) bond motifs is 1. The molecule has 2 unspecified atom stereocenters. The van der Waals surface area contributed by atoms with Crippen molar-refractivity contribution in [2.24, 2.45) is 11.7 Å². The molecule has 1 aliphatic rings. The minimum atomic E-state index is -0.295. The Hall–Kier alpha value is -1.13. The smallest absolute Gasteiger partial charge is 0.127 e. The third kappa shape index (κ3) is 2.58. The average Bonchev–Trinajstić information content (AvgIpc) is 2.28. The minimum absolute atomic E-state index is 0.0146. The van der Waals surface area contributed by atoms with Gasteiger partial charge in [0.15, 0.2) is 0 Å². The van der Waals surface area contributed by atoms with E-state index in [1.54, 1.807) is 13.2 Å². The van der Waals surface area contributed by atoms with Crippen LogP contribution in [0.3, 0.4) is 0 Å². The van der Waals surface area contributed by atoms with E-state index in [-0.39, 0.29) is 23.9 Å². The Kier molecular flexibility index (Phi) is 3.64. The molecule has 1 heterocycles. The zero-order chi connectivity index (χ0) is 12.4. The number of methoxy groups -OCH3 is 1. The molecule has 0 aromatic heterocycles. The molecule has 17 heavy (non-hydrogen) atoms. The first-order chi connectivity index (χ1) is 8.11. The lowest BCUT2D eigenvalue weighted by atomic mass is 9.91. The van der Waals surface area contributed by atoms with Gasteiger partial charge in [-0.2, -0.15) is 0 Å². The summed E-state index contributed by atoms with van der Waals surface area (Å²) in [4.78, 5) is 0. The summed E-state index contributed by atoms with van der Waals surface area (Å²) < 4.78 is 24.1. The van der Waals surface area contributed by atoms with Crippen molar-refractivity contribution in [1.82, 2.24) is 0 Å². The molecule has 3 nitrogen and oxygen atoms in total. The van der Waals surface area contributed by atoms with Crippen LogP contribution in [-0.4, -0.2) is 19.8 Å². The van der Waals surface area contributed by atoms with Gasteiger partial charge in [-0.1, -0.05) is 13.0 Å². The zero-order valence-electron chi connectivity index (χ0n) is 10.2. The number of hydrogen-bond donors (Lipinski definition) is 1. The lowest BCUT2D eigenvalue weighted by Gasteiger charge is -2.33. The van der Waals surface area contributed by atoms with Gasteiger partial charge in [-0.25, -0.2) is 4.39 Å². The molecular weight excluding hydrogens is 221 g/mol. The summed E-state index contributed by atoms with van der Waals surface area (Å²) in [5, 5.41) is 0. The molecule has 1 aliphatic heterocycles. The highest BCUT2D eigenvalue weighted by Gasteiger charge is 2.29. The standard InChI is InChI=1S/C13H18FNO2/c1-8(7-16-2)12-6-11(15)10-4-3-9(14)5-13(10)17-12/h3-5,8,11-12H,6-7,15H2,1-2H3/t8?,11-,12?/m0/s1. The first kappa shape index (κ1) is 12.3. The van der Waals surface area contributed by atoms with Crippen molar-refractivity contribution in [2.45, 2.75) is 25.5 Å². The van der Waals surface area contributed by atoms with E-state index in [9.17, 15) is 4.39 Å². The van der Waals surface area contributed by atoms with Crippen LogP contribution in [0.4, 0.5) is 4.39 Å². The second-order valence-corrected chi connectivity index (χ2v) is 4.61. The Morgan fingerprint density at radius 1 is 1.59 bits per heavy atom. The quantitative estimate of drug-likeness (QED) is 0.880. The van der Waals surface area contributed by atoms with E-state index in [2.05, 4.69) is 0 Å². The van der Waals surface area contributed by atoms with E-state index in [0.29, 0.717) is 12.4 Å². The molecule has 1 aromatic rings. The predicted octanol–water partition coefficient (Wildman–Crippen LogP) is 2.26. The zero-order valence-corrected chi connectivity index (χ0v) is 10.2. The molecule has 0 saturated carbocycles. The first-order valence-electron chi connectivity index (χ1n) is 5.82. The number of halogens is 1. The number of ether oxygens (including phenoxy) is 2. The fourth-order valence-electron chi connectivity index (χ4n) is 2.22. The van der Waals surface area contributed by atoms with Crippen molar-refractivity contribution in [2.75, 3.05) is 13.7 Å². The molecule has 2 rings (SSSR count). The van der Waals surface area contributed by atoms with Crippen LogP contribution in [0.5, 0.6) is 5.75 Å². The number of benzene rings is 1. The third-order valence-electron chi connectivity index (χ3n) is 3.20. The second-order valence-electron chi connectivity index (χ2n) is 4.61. The molecule has 3 atom stereocenters. The molecular formula is C13H18FNO2. The SMILES string of the molecule is COCC(C)C1C[C@H](N)c2ccc(F)cc2O1. The van der Waals surface area contributed by atoms with Gasteiger partial charge >= 0.3 is 0 Å². The van der Waals surface area contributed by atoms with Crippen molar-refractivity contribution < 1.29 is 13.9 Å². The predicted molar refractivity (Wildman–Crippen MR) is 63.4 cm³/mol. The van der Waals surface area contributed by atoms with Crippen LogP contribution in [-0.2, 0) is 4.74 Å². The maximum absolute atomic E-state index is 13.2. The van der Waals surface area contributed by atoms with Gasteiger partial charge in [-0.15, -0.1) is 0 Å². The summed E-state index contributed by atoms with van der Waals surface area (Å²) in [5.41, 5.74) is 6.96. The largest absolute Gasteiger partial charge is 0.490 e. The summed E-state index contributed by atoms with van der Waals surface area (Å²) in [6, 6.07) is 4.43. The molecule has 1 aromatic carbocycles. The van der Waals surface area contributed by atoms with Gasteiger partial charge in [0.1, 0.15) is 17.7 Å². The molecule has 0 radical (unpaired) electrons. The van der Waals surface area contributed by atoms with Crippen LogP contribution in [0.1, 0.15) is 24.9 Å². The van der Waals surface area contributed by atoms with Gasteiger partial charge in [-0.3, -0.25) is 0 Å². The molecule has 94 valence electrons. The highest BCUT2D eigenvalue weighted by Crippen LogP contribution is 2.35. The molecule has 2 N–H and O–H groups in total. The van der Waals surface area contributed by atoms with E-state index < -0.39 is 0 Å². The Morgan fingerprint density at radius 2 is 2.35 bits per heavy atom. The summed E-state index contributed by atoms with van der Waals surface area (Å²) in [7, 11) is 1.66. The topological polar surface area (TPSA) is 44.5 Å². The average molecular weight is 239 g/mol. The highest BCUT2D eigenvalue weighted by atomic mass is 19.1. The van der Waals surface area contributed by atoms with Crippen LogP contribution >= 0.6 is 0 Å². The Morgan fingerprint density at radius 3 is 3.06 bits per heavy atom. The normalized spacial score (nSPS) is 24.9. The van der Waals surface area contributed by atoms with Gasteiger partial charge < -0.3 is 15.2 Å². The summed E-state index contributed by atoms with van der Waals surface area (Å²) in [6.07, 6.45) is 0.725. The van der Waals surface area contributed by atoms with Gasteiger partial charge in [-0.05, 0) is 6.07 Å². The number of rotatable bonds is 3. The van der Waals surface area contributed by atoms with Gasteiger partial charge in [0.25, 0.3) is 0 Å². The molecule has 0 spiro atoms. The second kappa shape index (κ2) is 5.02. The summed E-state index contributed by atoms with van der Waals surface area (Å²) >= 11 is 0. The van der Waals surface area contributed by atoms with Crippen LogP contribution in [0.25, 0.3) is 0 Å². The van der Waals surface area contributed by atoms with Crippen molar-refractivity contribution in [3.05, 3.63) is 29.6 Å². The summed E-state index contributed by atoms with van der Waals surface area (Å²) in [6.45, 7) is 2.66. The Balaban J connectivity index is 2.19. The Labute approximate surface area is 101 Å². The maximum atomic E-state index is 13.2. The minimum Gasteiger partial charge on any atom is -0.490 e. The fourth-order valence-corrected chi connectivity index (χ4v) is 2.22. The monoisotopic (exact) mass is 239 g/mol. The molecule has 0 bridgehead atoms. The van der Waals surface area contributed by atoms with E-state index in [1.165, 1.54) is 12.1 Å². The van der Waals surface area contributed by atoms with E-state index >= 15 is 0 Å². The van der Waals surface area contributed by atoms with Crippen LogP contribution in [0.2, 0.25) is 0 Å².